The lowest BCUT2D eigenvalue weighted by molar-refractivity contribution is 0.0519. The number of hydrogen-bond donors (Lipinski definition) is 1. The van der Waals surface area contributed by atoms with Crippen molar-refractivity contribution in [1.82, 2.24) is 9.29 Å². The van der Waals surface area contributed by atoms with Crippen molar-refractivity contribution in [3.05, 3.63) is 52.3 Å². The van der Waals surface area contributed by atoms with Crippen LogP contribution in [0, 0.1) is 20.8 Å². The molecule has 1 aromatic carbocycles. The Hall–Kier alpha value is -2.49. The number of H-pyrrole nitrogens is 1. The number of nitrogens with one attached hydrogen (secondary N) is 1. The van der Waals surface area contributed by atoms with Gasteiger partial charge in [-0.25, -0.2) is 13.2 Å². The Kier molecular flexibility index (Phi) is 8.16. The van der Waals surface area contributed by atoms with Crippen LogP contribution in [0.1, 0.15) is 51.5 Å². The fourth-order valence-electron chi connectivity index (χ4n) is 3.42. The second-order valence-corrected chi connectivity index (χ2v) is 9.20. The number of ketones is 1. The van der Waals surface area contributed by atoms with Crippen molar-refractivity contribution < 1.29 is 27.5 Å². The molecule has 0 aliphatic rings. The van der Waals surface area contributed by atoms with E-state index >= 15 is 0 Å². The zero-order valence-corrected chi connectivity index (χ0v) is 19.6. The Labute approximate surface area is 183 Å². The van der Waals surface area contributed by atoms with Gasteiger partial charge in [0.1, 0.15) is 5.69 Å². The van der Waals surface area contributed by atoms with Gasteiger partial charge in [-0.1, -0.05) is 17.7 Å². The van der Waals surface area contributed by atoms with Crippen LogP contribution < -0.4 is 0 Å². The van der Waals surface area contributed by atoms with E-state index in [9.17, 15) is 18.0 Å². The van der Waals surface area contributed by atoms with Gasteiger partial charge in [0.05, 0.1) is 24.2 Å². The molecule has 8 nitrogen and oxygen atoms in total. The molecule has 0 aliphatic carbocycles. The summed E-state index contributed by atoms with van der Waals surface area (Å²) in [6.45, 7) is 8.75. The number of carbonyl (C=O) groups is 2. The molecule has 0 aliphatic heterocycles. The SMILES string of the molecule is CCOC(=O)c1[nH]c(C)c(C(=O)C(C)N(CCOC)S(=O)(=O)c2ccc(C)cc2)c1C. The number of aryl methyl sites for hydroxylation is 2. The third kappa shape index (κ3) is 5.23. The largest absolute Gasteiger partial charge is 0.461 e. The highest BCUT2D eigenvalue weighted by Gasteiger charge is 2.35. The lowest BCUT2D eigenvalue weighted by Gasteiger charge is -2.27. The predicted molar refractivity (Wildman–Crippen MR) is 117 cm³/mol. The molecule has 0 fully saturated rings. The van der Waals surface area contributed by atoms with E-state index in [1.54, 1.807) is 39.8 Å². The van der Waals surface area contributed by atoms with E-state index in [0.29, 0.717) is 11.3 Å². The average Bonchev–Trinajstić information content (AvgIpc) is 3.02. The van der Waals surface area contributed by atoms with Crippen molar-refractivity contribution >= 4 is 21.8 Å². The first-order valence-corrected chi connectivity index (χ1v) is 11.5. The summed E-state index contributed by atoms with van der Waals surface area (Å²) < 4.78 is 37.9. The number of hydrogen-bond acceptors (Lipinski definition) is 6. The normalized spacial score (nSPS) is 12.7. The zero-order chi connectivity index (χ0) is 23.3. The molecule has 170 valence electrons. The highest BCUT2D eigenvalue weighted by molar-refractivity contribution is 7.89. The van der Waals surface area contributed by atoms with Crippen LogP contribution in [0.3, 0.4) is 0 Å². The van der Waals surface area contributed by atoms with Gasteiger partial charge < -0.3 is 14.5 Å². The first-order valence-electron chi connectivity index (χ1n) is 10.0. The molecular formula is C22H30N2O6S. The summed E-state index contributed by atoms with van der Waals surface area (Å²) in [4.78, 5) is 28.6. The number of rotatable bonds is 10. The van der Waals surface area contributed by atoms with Crippen molar-refractivity contribution in [1.29, 1.82) is 0 Å². The summed E-state index contributed by atoms with van der Waals surface area (Å²) in [7, 11) is -2.49. The molecule has 1 N–H and O–H groups in total. The standard InChI is InChI=1S/C22H30N2O6S/c1-7-30-22(26)20-15(3)19(16(4)23-20)21(25)17(5)24(12-13-29-6)31(27,28)18-10-8-14(2)9-11-18/h8-11,17,23H,7,12-13H2,1-6H3. The Morgan fingerprint density at radius 1 is 1.13 bits per heavy atom. The first-order chi connectivity index (χ1) is 14.6. The number of Topliss-reactive ketones (excluding diaryl/α,β-unsaturated/α-hetero) is 1. The number of aromatic nitrogens is 1. The molecule has 9 heteroatoms. The van der Waals surface area contributed by atoms with Crippen LogP contribution in [0.5, 0.6) is 0 Å². The first kappa shape index (κ1) is 24.8. The quantitative estimate of drug-likeness (QED) is 0.441. The van der Waals surface area contributed by atoms with E-state index in [1.807, 2.05) is 6.92 Å². The van der Waals surface area contributed by atoms with E-state index in [1.165, 1.54) is 19.2 Å². The van der Waals surface area contributed by atoms with Crippen molar-refractivity contribution in [2.75, 3.05) is 26.9 Å². The van der Waals surface area contributed by atoms with Crippen LogP contribution in [-0.2, 0) is 19.5 Å². The van der Waals surface area contributed by atoms with Crippen LogP contribution in [0.25, 0.3) is 0 Å². The number of nitrogens with zero attached hydrogens (tertiary/aromatic N) is 1. The molecule has 0 spiro atoms. The van der Waals surface area contributed by atoms with Gasteiger partial charge in [-0.2, -0.15) is 4.31 Å². The molecular weight excluding hydrogens is 420 g/mol. The van der Waals surface area contributed by atoms with Crippen LogP contribution >= 0.6 is 0 Å². The summed E-state index contributed by atoms with van der Waals surface area (Å²) in [5, 5.41) is 0. The predicted octanol–water partition coefficient (Wildman–Crippen LogP) is 3.03. The smallest absolute Gasteiger partial charge is 0.355 e. The monoisotopic (exact) mass is 450 g/mol. The van der Waals surface area contributed by atoms with E-state index in [2.05, 4.69) is 4.98 Å². The Morgan fingerprint density at radius 3 is 2.29 bits per heavy atom. The third-order valence-electron chi connectivity index (χ3n) is 5.12. The summed E-state index contributed by atoms with van der Waals surface area (Å²) in [5.74, 6) is -0.966. The Morgan fingerprint density at radius 2 is 1.74 bits per heavy atom. The second-order valence-electron chi connectivity index (χ2n) is 7.31. The maximum absolute atomic E-state index is 13.4. The number of carbonyl (C=O) groups excluding carboxylic acids is 2. The van der Waals surface area contributed by atoms with Gasteiger partial charge >= 0.3 is 5.97 Å². The van der Waals surface area contributed by atoms with Gasteiger partial charge in [0.15, 0.2) is 5.78 Å². The fraction of sp³-hybridized carbons (Fsp3) is 0.455. The molecule has 0 saturated carbocycles. The van der Waals surface area contributed by atoms with Gasteiger partial charge in [-0.3, -0.25) is 4.79 Å². The van der Waals surface area contributed by atoms with Crippen molar-refractivity contribution in [2.45, 2.75) is 45.6 Å². The molecule has 1 heterocycles. The average molecular weight is 451 g/mol. The highest BCUT2D eigenvalue weighted by Crippen LogP contribution is 2.25. The van der Waals surface area contributed by atoms with Gasteiger partial charge in [-0.05, 0) is 52.3 Å². The number of sulfonamides is 1. The van der Waals surface area contributed by atoms with Crippen molar-refractivity contribution in [3.63, 3.8) is 0 Å². The molecule has 0 radical (unpaired) electrons. The van der Waals surface area contributed by atoms with Crippen molar-refractivity contribution in [3.8, 4) is 0 Å². The Bertz CT molecular complexity index is 1040. The molecule has 0 bridgehead atoms. The Balaban J connectivity index is 2.46. The topological polar surface area (TPSA) is 106 Å². The number of aromatic amines is 1. The number of benzene rings is 1. The molecule has 1 aromatic heterocycles. The summed E-state index contributed by atoms with van der Waals surface area (Å²) in [5.41, 5.74) is 2.33. The summed E-state index contributed by atoms with van der Waals surface area (Å²) in [6.07, 6.45) is 0. The van der Waals surface area contributed by atoms with Gasteiger partial charge in [-0.15, -0.1) is 0 Å². The van der Waals surface area contributed by atoms with Crippen LogP contribution in [-0.4, -0.2) is 62.4 Å². The lowest BCUT2D eigenvalue weighted by Crippen LogP contribution is -2.45. The molecule has 2 aromatic rings. The van der Waals surface area contributed by atoms with Crippen molar-refractivity contribution in [2.24, 2.45) is 0 Å². The van der Waals surface area contributed by atoms with Crippen LogP contribution in [0.4, 0.5) is 0 Å². The molecule has 1 atom stereocenters. The molecule has 2 rings (SSSR count). The molecule has 31 heavy (non-hydrogen) atoms. The number of methoxy groups -OCH3 is 1. The molecule has 1 unspecified atom stereocenters. The van der Waals surface area contributed by atoms with E-state index < -0.39 is 27.8 Å². The van der Waals surface area contributed by atoms with E-state index in [4.69, 9.17) is 9.47 Å². The van der Waals surface area contributed by atoms with Crippen LogP contribution in [0.15, 0.2) is 29.2 Å². The fourth-order valence-corrected chi connectivity index (χ4v) is 4.99. The molecule has 0 amide bonds. The van der Waals surface area contributed by atoms with Crippen LogP contribution in [0.2, 0.25) is 0 Å². The summed E-state index contributed by atoms with van der Waals surface area (Å²) >= 11 is 0. The lowest BCUT2D eigenvalue weighted by atomic mass is 10.0. The number of ether oxygens (including phenoxy) is 2. The maximum atomic E-state index is 13.4. The van der Waals surface area contributed by atoms with Gasteiger partial charge in [0.2, 0.25) is 10.0 Å². The van der Waals surface area contributed by atoms with Gasteiger partial charge in [0.25, 0.3) is 0 Å². The number of esters is 1. The minimum absolute atomic E-state index is 0.00681. The maximum Gasteiger partial charge on any atom is 0.355 e. The summed E-state index contributed by atoms with van der Waals surface area (Å²) in [6, 6.07) is 5.45. The van der Waals surface area contributed by atoms with E-state index in [0.717, 1.165) is 9.87 Å². The minimum Gasteiger partial charge on any atom is -0.461 e. The zero-order valence-electron chi connectivity index (χ0n) is 18.8. The second kappa shape index (κ2) is 10.2. The minimum atomic E-state index is -3.96. The molecule has 0 saturated heterocycles. The highest BCUT2D eigenvalue weighted by atomic mass is 32.2. The van der Waals surface area contributed by atoms with E-state index in [-0.39, 0.29) is 35.9 Å². The van der Waals surface area contributed by atoms with Gasteiger partial charge in [0, 0.05) is 24.9 Å². The third-order valence-corrected chi connectivity index (χ3v) is 7.10.